The highest BCUT2D eigenvalue weighted by molar-refractivity contribution is 5.97. The van der Waals surface area contributed by atoms with Gasteiger partial charge in [0.25, 0.3) is 5.91 Å². The van der Waals surface area contributed by atoms with Gasteiger partial charge in [-0.3, -0.25) is 4.79 Å². The number of nitrogens with one attached hydrogen (secondary N) is 2. The molecule has 28 heavy (non-hydrogen) atoms. The highest BCUT2D eigenvalue weighted by atomic mass is 16.1. The molecule has 2 aromatic rings. The molecular weight excluding hydrogens is 346 g/mol. The first-order valence-electron chi connectivity index (χ1n) is 9.97. The predicted octanol–water partition coefficient (Wildman–Crippen LogP) is 3.98. The maximum Gasteiger partial charge on any atom is 0.263 e. The Kier molecular flexibility index (Phi) is 6.86. The van der Waals surface area contributed by atoms with Gasteiger partial charge in [0.1, 0.15) is 11.6 Å². The van der Waals surface area contributed by atoms with Crippen molar-refractivity contribution in [2.45, 2.75) is 45.1 Å². The number of aryl methyl sites for hydroxylation is 2. The van der Waals surface area contributed by atoms with Gasteiger partial charge in [0, 0.05) is 18.8 Å². The van der Waals surface area contributed by atoms with Crippen LogP contribution in [0, 0.1) is 11.3 Å². The summed E-state index contributed by atoms with van der Waals surface area (Å²) >= 11 is 0. The Morgan fingerprint density at radius 1 is 1.14 bits per heavy atom. The van der Waals surface area contributed by atoms with E-state index in [1.54, 1.807) is 0 Å². The lowest BCUT2D eigenvalue weighted by atomic mass is 9.89. The maximum atomic E-state index is 12.3. The summed E-state index contributed by atoms with van der Waals surface area (Å²) in [5, 5.41) is 15.4. The zero-order valence-electron chi connectivity index (χ0n) is 16.4. The Bertz CT molecular complexity index is 880. The molecule has 4 heteroatoms. The molecule has 1 amide bonds. The van der Waals surface area contributed by atoms with Crippen LogP contribution >= 0.6 is 0 Å². The Morgan fingerprint density at radius 2 is 1.89 bits per heavy atom. The third kappa shape index (κ3) is 5.23. The van der Waals surface area contributed by atoms with Crippen LogP contribution < -0.4 is 10.6 Å². The van der Waals surface area contributed by atoms with Gasteiger partial charge in [-0.15, -0.1) is 0 Å². The second kappa shape index (κ2) is 9.75. The molecule has 1 unspecified atom stereocenters. The molecule has 4 nitrogen and oxygen atoms in total. The van der Waals surface area contributed by atoms with E-state index < -0.39 is 0 Å². The lowest BCUT2D eigenvalue weighted by Gasteiger charge is -2.19. The van der Waals surface area contributed by atoms with Crippen molar-refractivity contribution in [1.29, 1.82) is 5.26 Å². The van der Waals surface area contributed by atoms with Gasteiger partial charge in [0.2, 0.25) is 0 Å². The van der Waals surface area contributed by atoms with Crippen molar-refractivity contribution in [3.8, 4) is 6.07 Å². The van der Waals surface area contributed by atoms with Gasteiger partial charge in [0.15, 0.2) is 0 Å². The average Bonchev–Trinajstić information content (AvgIpc) is 2.74. The monoisotopic (exact) mass is 373 g/mol. The molecule has 0 spiro atoms. The molecule has 0 saturated carbocycles. The van der Waals surface area contributed by atoms with Crippen molar-refractivity contribution in [2.75, 3.05) is 6.54 Å². The molecule has 0 aromatic heterocycles. The van der Waals surface area contributed by atoms with Gasteiger partial charge >= 0.3 is 0 Å². The van der Waals surface area contributed by atoms with Gasteiger partial charge in [-0.25, -0.2) is 0 Å². The Balaban J connectivity index is 1.55. The van der Waals surface area contributed by atoms with E-state index in [-0.39, 0.29) is 17.5 Å². The van der Waals surface area contributed by atoms with Crippen molar-refractivity contribution in [2.24, 2.45) is 0 Å². The molecule has 3 rings (SSSR count). The predicted molar refractivity (Wildman–Crippen MR) is 111 cm³/mol. The minimum atomic E-state index is -0.344. The molecule has 0 heterocycles. The Hall–Kier alpha value is -3.06. The fourth-order valence-corrected chi connectivity index (χ4v) is 3.54. The van der Waals surface area contributed by atoms with Crippen LogP contribution in [0.15, 0.2) is 60.3 Å². The van der Waals surface area contributed by atoms with E-state index >= 15 is 0 Å². The summed E-state index contributed by atoms with van der Waals surface area (Å²) < 4.78 is 0. The van der Waals surface area contributed by atoms with Crippen LogP contribution in [-0.4, -0.2) is 12.5 Å². The van der Waals surface area contributed by atoms with Crippen molar-refractivity contribution >= 4 is 5.91 Å². The molecular formula is C24H27N3O. The fourth-order valence-electron chi connectivity index (χ4n) is 3.54. The molecule has 0 radical (unpaired) electrons. The number of carbonyl (C=O) groups excluding carboxylic acids is 1. The first-order valence-corrected chi connectivity index (χ1v) is 9.97. The number of fused-ring (bicyclic) bond motifs is 1. The largest absolute Gasteiger partial charge is 0.383 e. The average molecular weight is 374 g/mol. The zero-order valence-corrected chi connectivity index (χ0v) is 16.4. The molecule has 144 valence electrons. The van der Waals surface area contributed by atoms with Gasteiger partial charge < -0.3 is 10.6 Å². The minimum Gasteiger partial charge on any atom is -0.383 e. The second-order valence-corrected chi connectivity index (χ2v) is 7.28. The highest BCUT2D eigenvalue weighted by Crippen LogP contribution is 2.24. The normalized spacial score (nSPS) is 14.5. The molecule has 1 atom stereocenters. The SMILES string of the molecule is CC(N/C=C(/C#N)C(=O)NCCc1ccccc1)c1ccc2c(c1)CCCC2. The standard InChI is InChI=1S/C24H27N3O/c1-18(21-12-11-20-9-5-6-10-22(20)15-21)27-17-23(16-25)24(28)26-14-13-19-7-3-2-4-8-19/h2-4,7-8,11-12,15,17-18,27H,5-6,9-10,13-14H2,1H3,(H,26,28)/b23-17-. The molecule has 0 saturated heterocycles. The summed E-state index contributed by atoms with van der Waals surface area (Å²) in [6.45, 7) is 2.55. The first kappa shape index (κ1) is 19.7. The molecule has 2 N–H and O–H groups in total. The van der Waals surface area contributed by atoms with E-state index in [0.717, 1.165) is 18.4 Å². The lowest BCUT2D eigenvalue weighted by molar-refractivity contribution is -0.117. The number of rotatable bonds is 7. The number of hydrogen-bond acceptors (Lipinski definition) is 3. The number of nitrogens with zero attached hydrogens (tertiary/aromatic N) is 1. The summed E-state index contributed by atoms with van der Waals surface area (Å²) in [4.78, 5) is 12.3. The van der Waals surface area contributed by atoms with E-state index in [1.807, 2.05) is 43.3 Å². The van der Waals surface area contributed by atoms with Crippen LogP contribution in [-0.2, 0) is 24.1 Å². The lowest BCUT2D eigenvalue weighted by Crippen LogP contribution is -2.28. The Labute approximate surface area is 167 Å². The van der Waals surface area contributed by atoms with Crippen LogP contribution in [0.3, 0.4) is 0 Å². The van der Waals surface area contributed by atoms with Crippen molar-refractivity contribution in [3.63, 3.8) is 0 Å². The number of hydrogen-bond donors (Lipinski definition) is 2. The topological polar surface area (TPSA) is 64.9 Å². The molecule has 0 bridgehead atoms. The first-order chi connectivity index (χ1) is 13.7. The smallest absolute Gasteiger partial charge is 0.263 e. The van der Waals surface area contributed by atoms with E-state index in [2.05, 4.69) is 28.8 Å². The summed E-state index contributed by atoms with van der Waals surface area (Å²) in [5.41, 5.74) is 5.31. The van der Waals surface area contributed by atoms with Gasteiger partial charge in [-0.05, 0) is 61.3 Å². The van der Waals surface area contributed by atoms with Crippen LogP contribution in [0.4, 0.5) is 0 Å². The summed E-state index contributed by atoms with van der Waals surface area (Å²) in [5.74, 6) is -0.344. The number of carbonyl (C=O) groups is 1. The minimum absolute atomic E-state index is 0.0349. The van der Waals surface area contributed by atoms with Crippen LogP contribution in [0.1, 0.15) is 48.1 Å². The highest BCUT2D eigenvalue weighted by Gasteiger charge is 2.13. The molecule has 1 aliphatic carbocycles. The fraction of sp³-hybridized carbons (Fsp3) is 0.333. The number of nitriles is 1. The van der Waals surface area contributed by atoms with E-state index in [1.165, 1.54) is 42.2 Å². The number of benzene rings is 2. The molecule has 0 aliphatic heterocycles. The van der Waals surface area contributed by atoms with E-state index in [4.69, 9.17) is 0 Å². The van der Waals surface area contributed by atoms with Gasteiger partial charge in [-0.1, -0.05) is 48.5 Å². The third-order valence-electron chi connectivity index (χ3n) is 5.26. The van der Waals surface area contributed by atoms with Crippen LogP contribution in [0.25, 0.3) is 0 Å². The quantitative estimate of drug-likeness (QED) is 0.570. The van der Waals surface area contributed by atoms with Crippen LogP contribution in [0.2, 0.25) is 0 Å². The molecule has 2 aromatic carbocycles. The summed E-state index contributed by atoms with van der Waals surface area (Å²) in [6, 6.07) is 18.6. The molecule has 1 aliphatic rings. The second-order valence-electron chi connectivity index (χ2n) is 7.28. The number of amides is 1. The van der Waals surface area contributed by atoms with Crippen LogP contribution in [0.5, 0.6) is 0 Å². The summed E-state index contributed by atoms with van der Waals surface area (Å²) in [6.07, 6.45) is 7.10. The van der Waals surface area contributed by atoms with Gasteiger partial charge in [0.05, 0.1) is 0 Å². The summed E-state index contributed by atoms with van der Waals surface area (Å²) in [7, 11) is 0. The maximum absolute atomic E-state index is 12.3. The van der Waals surface area contributed by atoms with Crippen molar-refractivity contribution in [1.82, 2.24) is 10.6 Å². The van der Waals surface area contributed by atoms with Gasteiger partial charge in [-0.2, -0.15) is 5.26 Å². The Morgan fingerprint density at radius 3 is 2.64 bits per heavy atom. The van der Waals surface area contributed by atoms with Crippen molar-refractivity contribution in [3.05, 3.63) is 82.6 Å². The van der Waals surface area contributed by atoms with E-state index in [9.17, 15) is 10.1 Å². The zero-order chi connectivity index (χ0) is 19.8. The van der Waals surface area contributed by atoms with E-state index in [0.29, 0.717) is 6.54 Å². The third-order valence-corrected chi connectivity index (χ3v) is 5.26. The molecule has 0 fully saturated rings. The van der Waals surface area contributed by atoms with Crippen molar-refractivity contribution < 1.29 is 4.79 Å².